The van der Waals surface area contributed by atoms with Crippen LogP contribution in [-0.2, 0) is 4.79 Å². The molecule has 1 saturated heterocycles. The maximum absolute atomic E-state index is 12.4. The van der Waals surface area contributed by atoms with Gasteiger partial charge in [0.25, 0.3) is 0 Å². The van der Waals surface area contributed by atoms with Crippen LogP contribution in [0.5, 0.6) is 0 Å². The molecule has 0 bridgehead atoms. The van der Waals surface area contributed by atoms with E-state index in [1.807, 2.05) is 11.8 Å². The Morgan fingerprint density at radius 2 is 1.95 bits per heavy atom. The van der Waals surface area contributed by atoms with Crippen LogP contribution in [0.15, 0.2) is 24.3 Å². The minimum absolute atomic E-state index is 0.0464. The Labute approximate surface area is 116 Å². The van der Waals surface area contributed by atoms with Crippen molar-refractivity contribution in [3.05, 3.63) is 29.8 Å². The van der Waals surface area contributed by atoms with Crippen molar-refractivity contribution in [1.82, 2.24) is 5.32 Å². The van der Waals surface area contributed by atoms with Gasteiger partial charge in [0.2, 0.25) is 5.91 Å². The highest BCUT2D eigenvalue weighted by atomic mass is 16.2. The molecule has 0 aliphatic carbocycles. The third-order valence-electron chi connectivity index (χ3n) is 3.74. The molecule has 3 nitrogen and oxygen atoms in total. The molecular formula is C16H24N2O. The molecule has 1 heterocycles. The number of rotatable bonds is 2. The Morgan fingerprint density at radius 1 is 1.26 bits per heavy atom. The summed E-state index contributed by atoms with van der Waals surface area (Å²) in [5.41, 5.74) is 2.35. The average Bonchev–Trinajstić information content (AvgIpc) is 2.40. The summed E-state index contributed by atoms with van der Waals surface area (Å²) in [7, 11) is 0. The first-order chi connectivity index (χ1) is 9.09. The second-order valence-electron chi connectivity index (χ2n) is 5.69. The number of amides is 1. The van der Waals surface area contributed by atoms with Gasteiger partial charge in [-0.15, -0.1) is 0 Å². The molecule has 1 N–H and O–H groups in total. The summed E-state index contributed by atoms with van der Waals surface area (Å²) in [4.78, 5) is 14.3. The number of nitrogens with one attached hydrogen (secondary N) is 1. The van der Waals surface area contributed by atoms with E-state index >= 15 is 0 Å². The summed E-state index contributed by atoms with van der Waals surface area (Å²) in [6.45, 7) is 8.93. The van der Waals surface area contributed by atoms with Gasteiger partial charge in [-0.25, -0.2) is 0 Å². The number of anilines is 1. The molecule has 1 aliphatic rings. The largest absolute Gasteiger partial charge is 0.316 e. The van der Waals surface area contributed by atoms with Crippen molar-refractivity contribution in [2.45, 2.75) is 33.1 Å². The van der Waals surface area contributed by atoms with Crippen molar-refractivity contribution >= 4 is 11.6 Å². The van der Waals surface area contributed by atoms with Crippen molar-refractivity contribution in [2.75, 3.05) is 24.5 Å². The fraction of sp³-hybridized carbons (Fsp3) is 0.562. The smallest absolute Gasteiger partial charge is 0.231 e. The maximum atomic E-state index is 12.4. The first-order valence-electron chi connectivity index (χ1n) is 7.21. The molecule has 1 aromatic rings. The molecule has 0 saturated carbocycles. The number of benzene rings is 1. The molecule has 0 radical (unpaired) electrons. The van der Waals surface area contributed by atoms with Crippen LogP contribution in [0.1, 0.15) is 38.7 Å². The van der Waals surface area contributed by atoms with Crippen molar-refractivity contribution in [3.8, 4) is 0 Å². The van der Waals surface area contributed by atoms with Crippen LogP contribution in [0, 0.1) is 5.92 Å². The van der Waals surface area contributed by atoms with Gasteiger partial charge in [0, 0.05) is 24.7 Å². The predicted molar refractivity (Wildman–Crippen MR) is 79.5 cm³/mol. The van der Waals surface area contributed by atoms with Crippen LogP contribution >= 0.6 is 0 Å². The number of carbonyl (C=O) groups is 1. The molecular weight excluding hydrogens is 236 g/mol. The number of hydrogen-bond donors (Lipinski definition) is 1. The molecule has 104 valence electrons. The molecule has 1 fully saturated rings. The standard InChI is InChI=1S/C16H24N2O/c1-12(2)14-5-7-15(8-6-14)18-10-4-9-17-11-13(3)16(18)19/h5-8,12-13,17H,4,9-11H2,1-3H3. The van der Waals surface area contributed by atoms with E-state index in [2.05, 4.69) is 43.4 Å². The van der Waals surface area contributed by atoms with Gasteiger partial charge in [-0.2, -0.15) is 0 Å². The predicted octanol–water partition coefficient (Wildman–Crippen LogP) is 2.77. The highest BCUT2D eigenvalue weighted by Gasteiger charge is 2.23. The van der Waals surface area contributed by atoms with Crippen LogP contribution in [-0.4, -0.2) is 25.5 Å². The fourth-order valence-corrected chi connectivity index (χ4v) is 2.44. The average molecular weight is 260 g/mol. The summed E-state index contributed by atoms with van der Waals surface area (Å²) in [5.74, 6) is 0.801. The van der Waals surface area contributed by atoms with Gasteiger partial charge in [-0.3, -0.25) is 4.79 Å². The first kappa shape index (κ1) is 14.1. The highest BCUT2D eigenvalue weighted by Crippen LogP contribution is 2.22. The van der Waals surface area contributed by atoms with E-state index in [4.69, 9.17) is 0 Å². The lowest BCUT2D eigenvalue weighted by Gasteiger charge is -2.29. The maximum Gasteiger partial charge on any atom is 0.231 e. The Hall–Kier alpha value is -1.35. The minimum Gasteiger partial charge on any atom is -0.316 e. The lowest BCUT2D eigenvalue weighted by Crippen LogP contribution is -2.43. The van der Waals surface area contributed by atoms with E-state index in [1.165, 1.54) is 5.56 Å². The number of carbonyl (C=O) groups excluding carboxylic acids is 1. The first-order valence-corrected chi connectivity index (χ1v) is 7.21. The van der Waals surface area contributed by atoms with Crippen molar-refractivity contribution in [1.29, 1.82) is 0 Å². The zero-order valence-corrected chi connectivity index (χ0v) is 12.1. The molecule has 0 spiro atoms. The normalized spacial score (nSPS) is 21.4. The molecule has 19 heavy (non-hydrogen) atoms. The summed E-state index contributed by atoms with van der Waals surface area (Å²) >= 11 is 0. The van der Waals surface area contributed by atoms with Gasteiger partial charge < -0.3 is 10.2 Å². The van der Waals surface area contributed by atoms with E-state index in [0.29, 0.717) is 5.92 Å². The third kappa shape index (κ3) is 3.35. The topological polar surface area (TPSA) is 32.3 Å². The van der Waals surface area contributed by atoms with Crippen LogP contribution in [0.2, 0.25) is 0 Å². The summed E-state index contributed by atoms with van der Waals surface area (Å²) < 4.78 is 0. The fourth-order valence-electron chi connectivity index (χ4n) is 2.44. The van der Waals surface area contributed by atoms with Crippen molar-refractivity contribution < 1.29 is 4.79 Å². The second-order valence-corrected chi connectivity index (χ2v) is 5.69. The Balaban J connectivity index is 2.19. The highest BCUT2D eigenvalue weighted by molar-refractivity contribution is 5.95. The lowest BCUT2D eigenvalue weighted by molar-refractivity contribution is -0.122. The van der Waals surface area contributed by atoms with Crippen LogP contribution in [0.25, 0.3) is 0 Å². The van der Waals surface area contributed by atoms with Gasteiger partial charge in [-0.1, -0.05) is 32.9 Å². The van der Waals surface area contributed by atoms with Gasteiger partial charge in [0.1, 0.15) is 0 Å². The zero-order chi connectivity index (χ0) is 13.8. The van der Waals surface area contributed by atoms with Crippen LogP contribution in [0.4, 0.5) is 5.69 Å². The lowest BCUT2D eigenvalue weighted by atomic mass is 10.0. The molecule has 2 rings (SSSR count). The zero-order valence-electron chi connectivity index (χ0n) is 12.1. The van der Waals surface area contributed by atoms with E-state index < -0.39 is 0 Å². The quantitative estimate of drug-likeness (QED) is 0.887. The summed E-state index contributed by atoms with van der Waals surface area (Å²) in [6.07, 6.45) is 1.00. The Kier molecular flexibility index (Phi) is 4.59. The van der Waals surface area contributed by atoms with Crippen molar-refractivity contribution in [2.24, 2.45) is 5.92 Å². The molecule has 1 aliphatic heterocycles. The molecule has 1 atom stereocenters. The SMILES string of the molecule is CC1CNCCCN(c2ccc(C(C)C)cc2)C1=O. The molecule has 1 aromatic carbocycles. The molecule has 1 unspecified atom stereocenters. The van der Waals surface area contributed by atoms with Gasteiger partial charge >= 0.3 is 0 Å². The minimum atomic E-state index is 0.0464. The van der Waals surface area contributed by atoms with Crippen molar-refractivity contribution in [3.63, 3.8) is 0 Å². The van der Waals surface area contributed by atoms with Crippen LogP contribution < -0.4 is 10.2 Å². The van der Waals surface area contributed by atoms with Crippen LogP contribution in [0.3, 0.4) is 0 Å². The molecule has 3 heteroatoms. The van der Waals surface area contributed by atoms with E-state index in [0.717, 1.165) is 31.7 Å². The monoisotopic (exact) mass is 260 g/mol. The van der Waals surface area contributed by atoms with E-state index in [-0.39, 0.29) is 11.8 Å². The number of nitrogens with zero attached hydrogens (tertiary/aromatic N) is 1. The Bertz CT molecular complexity index is 425. The third-order valence-corrected chi connectivity index (χ3v) is 3.74. The van der Waals surface area contributed by atoms with E-state index in [9.17, 15) is 4.79 Å². The van der Waals surface area contributed by atoms with Gasteiger partial charge in [0.05, 0.1) is 0 Å². The van der Waals surface area contributed by atoms with Gasteiger partial charge in [-0.05, 0) is 36.6 Å². The van der Waals surface area contributed by atoms with Gasteiger partial charge in [0.15, 0.2) is 0 Å². The summed E-state index contributed by atoms with van der Waals surface area (Å²) in [5, 5.41) is 3.32. The molecule has 0 aromatic heterocycles. The molecule has 1 amide bonds. The second kappa shape index (κ2) is 6.20. The number of hydrogen-bond acceptors (Lipinski definition) is 2. The summed E-state index contributed by atoms with van der Waals surface area (Å²) in [6, 6.07) is 8.42. The van der Waals surface area contributed by atoms with E-state index in [1.54, 1.807) is 0 Å². The Morgan fingerprint density at radius 3 is 2.58 bits per heavy atom.